The summed E-state index contributed by atoms with van der Waals surface area (Å²) < 4.78 is 5.46. The summed E-state index contributed by atoms with van der Waals surface area (Å²) in [5.41, 5.74) is 1.59. The fourth-order valence-corrected chi connectivity index (χ4v) is 2.74. The predicted octanol–water partition coefficient (Wildman–Crippen LogP) is 3.52. The largest absolute Gasteiger partial charge is 0.443 e. The molecule has 4 nitrogen and oxygen atoms in total. The van der Waals surface area contributed by atoms with Gasteiger partial charge in [-0.05, 0) is 39.7 Å². The Hall–Kier alpha value is -1.29. The number of rotatable bonds is 0. The van der Waals surface area contributed by atoms with Crippen LogP contribution in [0.1, 0.15) is 39.2 Å². The lowest BCUT2D eigenvalue weighted by Crippen LogP contribution is -2.37. The van der Waals surface area contributed by atoms with Crippen LogP contribution in [0.3, 0.4) is 0 Å². The van der Waals surface area contributed by atoms with E-state index < -0.39 is 5.60 Å². The Balaban J connectivity index is 1.94. The molecule has 5 heteroatoms. The molecule has 1 spiro atoms. The summed E-state index contributed by atoms with van der Waals surface area (Å²) in [6.45, 7) is 6.29. The van der Waals surface area contributed by atoms with E-state index in [2.05, 4.69) is 4.98 Å². The van der Waals surface area contributed by atoms with Gasteiger partial charge in [0.05, 0.1) is 5.69 Å². The number of nitrogens with zero attached hydrogens (tertiary/aromatic N) is 2. The Kier molecular flexibility index (Phi) is 2.58. The number of hydrogen-bond donors (Lipinski definition) is 0. The standard InChI is InChI=1S/C14H17ClN2O2/c1-13(2,3)19-12(18)17-8-14(4-5-14)9-7-16-11(15)6-10(9)17/h6-7H,4-5,8H2,1-3H3. The number of pyridine rings is 1. The molecule has 3 rings (SSSR count). The average molecular weight is 281 g/mol. The number of anilines is 1. The predicted molar refractivity (Wildman–Crippen MR) is 73.7 cm³/mol. The molecule has 1 amide bonds. The quantitative estimate of drug-likeness (QED) is 0.683. The summed E-state index contributed by atoms with van der Waals surface area (Å²) in [4.78, 5) is 18.1. The van der Waals surface area contributed by atoms with Crippen molar-refractivity contribution in [3.63, 3.8) is 0 Å². The van der Waals surface area contributed by atoms with Crippen LogP contribution in [0.15, 0.2) is 12.3 Å². The van der Waals surface area contributed by atoms with Gasteiger partial charge in [-0.15, -0.1) is 0 Å². The third kappa shape index (κ3) is 2.18. The number of carbonyl (C=O) groups excluding carboxylic acids is 1. The second-order valence-corrected chi connectivity index (χ2v) is 6.76. The SMILES string of the molecule is CC(C)(C)OC(=O)N1CC2(CC2)c2cnc(Cl)cc21. The fraction of sp³-hybridized carbons (Fsp3) is 0.571. The van der Waals surface area contributed by atoms with Gasteiger partial charge >= 0.3 is 6.09 Å². The van der Waals surface area contributed by atoms with Crippen LogP contribution in [-0.2, 0) is 10.2 Å². The molecular formula is C14H17ClN2O2. The van der Waals surface area contributed by atoms with Crippen LogP contribution < -0.4 is 4.90 Å². The Bertz CT molecular complexity index is 547. The first-order valence-corrected chi connectivity index (χ1v) is 6.85. The Morgan fingerprint density at radius 3 is 2.74 bits per heavy atom. The molecule has 2 aliphatic rings. The van der Waals surface area contributed by atoms with Crippen molar-refractivity contribution in [1.82, 2.24) is 4.98 Å². The summed E-state index contributed by atoms with van der Waals surface area (Å²) >= 11 is 5.95. The molecule has 0 aromatic carbocycles. The van der Waals surface area contributed by atoms with E-state index in [4.69, 9.17) is 16.3 Å². The van der Waals surface area contributed by atoms with Gasteiger partial charge in [-0.2, -0.15) is 0 Å². The van der Waals surface area contributed by atoms with E-state index in [1.165, 1.54) is 0 Å². The maximum atomic E-state index is 12.3. The van der Waals surface area contributed by atoms with Crippen molar-refractivity contribution in [2.75, 3.05) is 11.4 Å². The monoisotopic (exact) mass is 280 g/mol. The van der Waals surface area contributed by atoms with Gasteiger partial charge in [-0.25, -0.2) is 9.78 Å². The van der Waals surface area contributed by atoms with E-state index in [1.807, 2.05) is 20.8 Å². The van der Waals surface area contributed by atoms with Crippen LogP contribution in [0.2, 0.25) is 5.15 Å². The summed E-state index contributed by atoms with van der Waals surface area (Å²) in [6.07, 6.45) is 3.69. The number of fused-ring (bicyclic) bond motifs is 2. The van der Waals surface area contributed by atoms with Gasteiger partial charge in [0, 0.05) is 23.7 Å². The highest BCUT2D eigenvalue weighted by Crippen LogP contribution is 2.56. The lowest BCUT2D eigenvalue weighted by molar-refractivity contribution is 0.0581. The van der Waals surface area contributed by atoms with E-state index in [0.29, 0.717) is 11.7 Å². The van der Waals surface area contributed by atoms with Gasteiger partial charge in [-0.3, -0.25) is 4.90 Å². The molecule has 1 aromatic heterocycles. The molecule has 19 heavy (non-hydrogen) atoms. The number of amides is 1. The molecule has 0 unspecified atom stereocenters. The van der Waals surface area contributed by atoms with Crippen LogP contribution in [-0.4, -0.2) is 23.2 Å². The Morgan fingerprint density at radius 1 is 1.47 bits per heavy atom. The number of hydrogen-bond acceptors (Lipinski definition) is 3. The third-order valence-electron chi connectivity index (χ3n) is 3.64. The molecule has 0 atom stereocenters. The molecule has 1 aromatic rings. The molecule has 0 saturated heterocycles. The number of halogens is 1. The van der Waals surface area contributed by atoms with Gasteiger partial charge in [0.15, 0.2) is 0 Å². The summed E-state index contributed by atoms with van der Waals surface area (Å²) in [5, 5.41) is 0.407. The lowest BCUT2D eigenvalue weighted by Gasteiger charge is -2.25. The van der Waals surface area contributed by atoms with Crippen LogP contribution in [0, 0.1) is 0 Å². The molecular weight excluding hydrogens is 264 g/mol. The smallest absolute Gasteiger partial charge is 0.414 e. The minimum absolute atomic E-state index is 0.101. The zero-order valence-electron chi connectivity index (χ0n) is 11.4. The molecule has 1 aliphatic carbocycles. The van der Waals surface area contributed by atoms with E-state index in [-0.39, 0.29) is 11.5 Å². The van der Waals surface area contributed by atoms with Crippen LogP contribution in [0.4, 0.5) is 10.5 Å². The van der Waals surface area contributed by atoms with Crippen molar-refractivity contribution in [1.29, 1.82) is 0 Å². The zero-order chi connectivity index (χ0) is 13.8. The van der Waals surface area contributed by atoms with Crippen LogP contribution in [0.5, 0.6) is 0 Å². The first kappa shape index (κ1) is 12.7. The van der Waals surface area contributed by atoms with Gasteiger partial charge in [-0.1, -0.05) is 11.6 Å². The van der Waals surface area contributed by atoms with Crippen molar-refractivity contribution in [3.05, 3.63) is 23.0 Å². The maximum absolute atomic E-state index is 12.3. The van der Waals surface area contributed by atoms with Gasteiger partial charge in [0.1, 0.15) is 10.8 Å². The molecule has 0 bridgehead atoms. The molecule has 1 aliphatic heterocycles. The molecule has 0 radical (unpaired) electrons. The molecule has 0 N–H and O–H groups in total. The minimum atomic E-state index is -0.493. The number of aromatic nitrogens is 1. The fourth-order valence-electron chi connectivity index (χ4n) is 2.58. The Labute approximate surface area is 117 Å². The average Bonchev–Trinajstić information content (AvgIpc) is 2.96. The molecule has 1 saturated carbocycles. The zero-order valence-corrected chi connectivity index (χ0v) is 12.1. The van der Waals surface area contributed by atoms with Crippen molar-refractivity contribution >= 4 is 23.4 Å². The van der Waals surface area contributed by atoms with Crippen molar-refractivity contribution in [2.24, 2.45) is 0 Å². The number of ether oxygens (including phenoxy) is 1. The van der Waals surface area contributed by atoms with Gasteiger partial charge in [0.2, 0.25) is 0 Å². The third-order valence-corrected chi connectivity index (χ3v) is 3.85. The summed E-state index contributed by atoms with van der Waals surface area (Å²) in [6, 6.07) is 1.76. The van der Waals surface area contributed by atoms with Crippen molar-refractivity contribution in [3.8, 4) is 0 Å². The van der Waals surface area contributed by atoms with E-state index in [9.17, 15) is 4.79 Å². The number of carbonyl (C=O) groups is 1. The van der Waals surface area contributed by atoms with Crippen molar-refractivity contribution in [2.45, 2.75) is 44.6 Å². The topological polar surface area (TPSA) is 42.4 Å². The van der Waals surface area contributed by atoms with Crippen molar-refractivity contribution < 1.29 is 9.53 Å². The summed E-state index contributed by atoms with van der Waals surface area (Å²) in [5.74, 6) is 0. The van der Waals surface area contributed by atoms with Crippen LogP contribution in [0.25, 0.3) is 0 Å². The Morgan fingerprint density at radius 2 is 2.16 bits per heavy atom. The van der Waals surface area contributed by atoms with Crippen LogP contribution >= 0.6 is 11.6 Å². The second-order valence-electron chi connectivity index (χ2n) is 6.37. The first-order valence-electron chi connectivity index (χ1n) is 6.47. The molecule has 102 valence electrons. The maximum Gasteiger partial charge on any atom is 0.414 e. The van der Waals surface area contributed by atoms with E-state index in [1.54, 1.807) is 17.2 Å². The lowest BCUT2D eigenvalue weighted by atomic mass is 10.0. The van der Waals surface area contributed by atoms with E-state index in [0.717, 1.165) is 24.1 Å². The van der Waals surface area contributed by atoms with Gasteiger partial charge in [0.25, 0.3) is 0 Å². The highest BCUT2D eigenvalue weighted by atomic mass is 35.5. The molecule has 1 fully saturated rings. The van der Waals surface area contributed by atoms with E-state index >= 15 is 0 Å². The minimum Gasteiger partial charge on any atom is -0.443 e. The molecule has 2 heterocycles. The highest BCUT2D eigenvalue weighted by molar-refractivity contribution is 6.29. The normalized spacial score (nSPS) is 19.5. The highest BCUT2D eigenvalue weighted by Gasteiger charge is 2.54. The summed E-state index contributed by atoms with van der Waals surface area (Å²) in [7, 11) is 0. The second kappa shape index (κ2) is 3.85. The van der Waals surface area contributed by atoms with Gasteiger partial charge < -0.3 is 4.74 Å². The first-order chi connectivity index (χ1) is 8.81.